The summed E-state index contributed by atoms with van der Waals surface area (Å²) in [6.07, 6.45) is 4.82. The van der Waals surface area contributed by atoms with Crippen LogP contribution >= 0.6 is 0 Å². The van der Waals surface area contributed by atoms with Crippen molar-refractivity contribution in [3.8, 4) is 0 Å². The fourth-order valence-electron chi connectivity index (χ4n) is 2.35. The Hall–Kier alpha value is 0.651. The van der Waals surface area contributed by atoms with E-state index in [9.17, 15) is 0 Å². The molecule has 54 valence electrons. The van der Waals surface area contributed by atoms with Gasteiger partial charge in [0.05, 0.1) is 0 Å². The molecule has 0 aromatic heterocycles. The van der Waals surface area contributed by atoms with Crippen LogP contribution in [0.1, 0.15) is 19.3 Å². The lowest BCUT2D eigenvalue weighted by atomic mass is 9.98. The van der Waals surface area contributed by atoms with Crippen LogP contribution in [0.4, 0.5) is 0 Å². The van der Waals surface area contributed by atoms with Gasteiger partial charge in [0.2, 0.25) is 0 Å². The van der Waals surface area contributed by atoms with E-state index in [-0.39, 0.29) is 0 Å². The van der Waals surface area contributed by atoms with Crippen LogP contribution in [0.25, 0.3) is 0 Å². The molecule has 0 N–H and O–H groups in total. The molecule has 0 nitrogen and oxygen atoms in total. The van der Waals surface area contributed by atoms with Crippen molar-refractivity contribution >= 4 is 30.7 Å². The van der Waals surface area contributed by atoms with Crippen molar-refractivity contribution in [1.82, 2.24) is 0 Å². The first-order valence-corrected chi connectivity index (χ1v) is 7.65. The largest absolute Gasteiger partial charge is 0.0547 e. The van der Waals surface area contributed by atoms with Crippen LogP contribution < -0.4 is 0 Å². The molecule has 0 aromatic rings. The molecule has 0 spiro atoms. The molecule has 0 bridgehead atoms. The summed E-state index contributed by atoms with van der Waals surface area (Å²) >= 11 is 0. The van der Waals surface area contributed by atoms with Crippen LogP contribution in [0, 0.1) is 0 Å². The molecule has 0 amide bonds. The Kier molecular flexibility index (Phi) is 2.73. The van der Waals surface area contributed by atoms with Crippen molar-refractivity contribution in [3.05, 3.63) is 0 Å². The van der Waals surface area contributed by atoms with Crippen molar-refractivity contribution in [3.63, 3.8) is 0 Å². The van der Waals surface area contributed by atoms with Crippen molar-refractivity contribution in [2.75, 3.05) is 0 Å². The lowest BCUT2D eigenvalue weighted by molar-refractivity contribution is 0.504. The van der Waals surface area contributed by atoms with Gasteiger partial charge in [-0.1, -0.05) is 35.9 Å². The van der Waals surface area contributed by atoms with E-state index in [1.54, 1.807) is 19.3 Å². The van der Waals surface area contributed by atoms with E-state index in [0.29, 0.717) is 0 Å². The van der Waals surface area contributed by atoms with Crippen molar-refractivity contribution in [2.24, 2.45) is 0 Å². The smallest absolute Gasteiger partial charge is 0.00672 e. The van der Waals surface area contributed by atoms with E-state index in [0.717, 1.165) is 0 Å². The Morgan fingerprint density at radius 1 is 0.667 bits per heavy atom. The van der Waals surface area contributed by atoms with E-state index >= 15 is 0 Å². The maximum absolute atomic E-state index is 1.61. The minimum absolute atomic E-state index is 1.20. The van der Waals surface area contributed by atoms with Gasteiger partial charge in [0.1, 0.15) is 0 Å². The molecular formula is C6H18Si3. The highest BCUT2D eigenvalue weighted by atomic mass is 28.2. The SMILES string of the molecule is [SiH3]C1CC([SiH3])CC([SiH3])C1. The summed E-state index contributed by atoms with van der Waals surface area (Å²) in [4.78, 5) is 0. The van der Waals surface area contributed by atoms with Gasteiger partial charge in [0.25, 0.3) is 0 Å². The highest BCUT2D eigenvalue weighted by molar-refractivity contribution is 6.18. The summed E-state index contributed by atoms with van der Waals surface area (Å²) in [5, 5.41) is 0. The van der Waals surface area contributed by atoms with Gasteiger partial charge in [-0.25, -0.2) is 0 Å². The molecular weight excluding hydrogens is 156 g/mol. The summed E-state index contributed by atoms with van der Waals surface area (Å²) in [5.74, 6) is 0. The second kappa shape index (κ2) is 3.16. The molecule has 0 heterocycles. The fraction of sp³-hybridized carbons (Fsp3) is 1.00. The van der Waals surface area contributed by atoms with E-state index in [1.807, 2.05) is 0 Å². The van der Waals surface area contributed by atoms with Gasteiger partial charge in [0.15, 0.2) is 0 Å². The molecule has 9 heavy (non-hydrogen) atoms. The first-order valence-electron chi connectivity index (χ1n) is 4.18. The van der Waals surface area contributed by atoms with Gasteiger partial charge in [0, 0.05) is 30.7 Å². The van der Waals surface area contributed by atoms with Gasteiger partial charge in [-0.15, -0.1) is 0 Å². The van der Waals surface area contributed by atoms with Crippen molar-refractivity contribution in [1.29, 1.82) is 0 Å². The Labute approximate surface area is 67.1 Å². The highest BCUT2D eigenvalue weighted by Crippen LogP contribution is 2.38. The Balaban J connectivity index is 2.34. The monoisotopic (exact) mass is 174 g/mol. The topological polar surface area (TPSA) is 0 Å². The van der Waals surface area contributed by atoms with Crippen LogP contribution in [0.15, 0.2) is 0 Å². The maximum Gasteiger partial charge on any atom is 0.00672 e. The molecule has 0 unspecified atom stereocenters. The van der Waals surface area contributed by atoms with Crippen LogP contribution in [-0.4, -0.2) is 30.7 Å². The third-order valence-electron chi connectivity index (χ3n) is 2.41. The zero-order valence-electron chi connectivity index (χ0n) is 6.85. The molecule has 1 saturated carbocycles. The Morgan fingerprint density at radius 2 is 0.889 bits per heavy atom. The first-order chi connectivity index (χ1) is 4.18. The molecule has 1 rings (SSSR count). The average Bonchev–Trinajstić information content (AvgIpc) is 1.59. The van der Waals surface area contributed by atoms with Gasteiger partial charge in [-0.2, -0.15) is 0 Å². The standard InChI is InChI=1S/C6H18Si3/c7-4-1-5(8)3-6(9)2-4/h4-6H,1-3H2,7-9H3. The molecule has 0 atom stereocenters. The third-order valence-corrected chi connectivity index (χ3v) is 5.24. The molecule has 0 aromatic carbocycles. The van der Waals surface area contributed by atoms with Gasteiger partial charge < -0.3 is 0 Å². The lowest BCUT2D eigenvalue weighted by Crippen LogP contribution is -2.12. The number of rotatable bonds is 0. The Morgan fingerprint density at radius 3 is 1.11 bits per heavy atom. The Bertz CT molecular complexity index is 69.3. The molecule has 1 aliphatic carbocycles. The minimum atomic E-state index is 1.20. The second-order valence-corrected chi connectivity index (χ2v) is 8.92. The molecule has 1 aliphatic rings. The van der Waals surface area contributed by atoms with Crippen molar-refractivity contribution < 1.29 is 0 Å². The summed E-state index contributed by atoms with van der Waals surface area (Å²) < 4.78 is 0. The summed E-state index contributed by atoms with van der Waals surface area (Å²) in [5.41, 5.74) is 3.59. The predicted molar refractivity (Wildman–Crippen MR) is 54.9 cm³/mol. The third kappa shape index (κ3) is 2.39. The van der Waals surface area contributed by atoms with Gasteiger partial charge in [-0.3, -0.25) is 0 Å². The van der Waals surface area contributed by atoms with Crippen LogP contribution in [0.2, 0.25) is 16.6 Å². The molecule has 0 radical (unpaired) electrons. The first kappa shape index (κ1) is 7.75. The van der Waals surface area contributed by atoms with Crippen molar-refractivity contribution in [2.45, 2.75) is 35.9 Å². The quantitative estimate of drug-likeness (QED) is 0.398. The van der Waals surface area contributed by atoms with E-state index in [4.69, 9.17) is 0 Å². The van der Waals surface area contributed by atoms with Gasteiger partial charge in [-0.05, 0) is 0 Å². The highest BCUT2D eigenvalue weighted by Gasteiger charge is 2.19. The zero-order valence-corrected chi connectivity index (χ0v) is 12.9. The maximum atomic E-state index is 1.61. The average molecular weight is 174 g/mol. The van der Waals surface area contributed by atoms with E-state index < -0.39 is 0 Å². The van der Waals surface area contributed by atoms with Crippen LogP contribution in [-0.2, 0) is 0 Å². The zero-order chi connectivity index (χ0) is 6.85. The molecule has 0 saturated heterocycles. The summed E-state index contributed by atoms with van der Waals surface area (Å²) in [7, 11) is 4.41. The summed E-state index contributed by atoms with van der Waals surface area (Å²) in [6, 6.07) is 0. The minimum Gasteiger partial charge on any atom is -0.0547 e. The normalized spacial score (nSPS) is 46.0. The predicted octanol–water partition coefficient (Wildman–Crippen LogP) is -1.37. The molecule has 3 heteroatoms. The summed E-state index contributed by atoms with van der Waals surface area (Å²) in [6.45, 7) is 0. The molecule has 0 aliphatic heterocycles. The fourth-order valence-corrected chi connectivity index (χ4v) is 10.0. The van der Waals surface area contributed by atoms with Gasteiger partial charge >= 0.3 is 0 Å². The van der Waals surface area contributed by atoms with Crippen LogP contribution in [0.3, 0.4) is 0 Å². The van der Waals surface area contributed by atoms with Crippen LogP contribution in [0.5, 0.6) is 0 Å². The van der Waals surface area contributed by atoms with E-state index in [2.05, 4.69) is 0 Å². The number of hydrogen-bond donors (Lipinski definition) is 0. The number of hydrogen-bond acceptors (Lipinski definition) is 0. The lowest BCUT2D eigenvalue weighted by Gasteiger charge is -2.28. The molecule has 1 fully saturated rings. The second-order valence-electron chi connectivity index (χ2n) is 4.02. The van der Waals surface area contributed by atoms with E-state index in [1.165, 1.54) is 47.4 Å².